The molecule has 3 aliphatic heterocycles. The highest BCUT2D eigenvalue weighted by atomic mass is 28.4. The number of ether oxygens (including phenoxy) is 2. The van der Waals surface area contributed by atoms with Crippen LogP contribution in [0.2, 0.25) is 10.1 Å². The van der Waals surface area contributed by atoms with Crippen molar-refractivity contribution in [3.05, 3.63) is 93.2 Å². The van der Waals surface area contributed by atoms with E-state index in [0.29, 0.717) is 49.2 Å². The van der Waals surface area contributed by atoms with E-state index in [-0.39, 0.29) is 68.4 Å². The third-order valence-electron chi connectivity index (χ3n) is 20.4. The van der Waals surface area contributed by atoms with E-state index >= 15 is 0 Å². The van der Waals surface area contributed by atoms with Gasteiger partial charge in [0.15, 0.2) is 0 Å². The second-order valence-corrected chi connectivity index (χ2v) is 31.4. The second kappa shape index (κ2) is 17.9. The maximum Gasteiger partial charge on any atom is 0.349 e. The van der Waals surface area contributed by atoms with Crippen LogP contribution in [0.3, 0.4) is 0 Å². The van der Waals surface area contributed by atoms with Crippen molar-refractivity contribution in [1.29, 1.82) is 0 Å². The van der Waals surface area contributed by atoms with Gasteiger partial charge in [0.1, 0.15) is 45.3 Å². The van der Waals surface area contributed by atoms with Crippen molar-refractivity contribution < 1.29 is 57.8 Å². The maximum atomic E-state index is 13.4. The highest BCUT2D eigenvalue weighted by molar-refractivity contribution is 6.73. The molecule has 4 aliphatic carbocycles. The lowest BCUT2D eigenvalue weighted by molar-refractivity contribution is -0.271. The predicted octanol–water partition coefficient (Wildman–Crippen LogP) is 8.19. The van der Waals surface area contributed by atoms with Gasteiger partial charge in [-0.15, -0.1) is 0 Å². The highest BCUT2D eigenvalue weighted by Gasteiger charge is 2.73. The zero-order valence-electron chi connectivity index (χ0n) is 45.5. The Kier molecular flexibility index (Phi) is 12.9. The molecule has 16 nitrogen and oxygen atoms in total. The highest BCUT2D eigenvalue weighted by Crippen LogP contribution is 2.70. The summed E-state index contributed by atoms with van der Waals surface area (Å²) in [5, 5.41) is 67.5. The first-order valence-electron chi connectivity index (χ1n) is 26.8. The van der Waals surface area contributed by atoms with Crippen LogP contribution in [0, 0.1) is 45.3 Å². The zero-order chi connectivity index (χ0) is 54.4. The fourth-order valence-electron chi connectivity index (χ4n) is 16.7. The van der Waals surface area contributed by atoms with E-state index in [1.165, 1.54) is 0 Å². The first kappa shape index (κ1) is 54.1. The van der Waals surface area contributed by atoms with Crippen molar-refractivity contribution in [2.24, 2.45) is 45.3 Å². The number of nitrogens with zero attached hydrogens (tertiary/aromatic N) is 2. The molecule has 5 fully saturated rings. The molecule has 0 aromatic carbocycles. The molecular weight excluding hydrogens is 977 g/mol. The van der Waals surface area contributed by atoms with Gasteiger partial charge in [-0.1, -0.05) is 69.2 Å². The van der Waals surface area contributed by atoms with Crippen LogP contribution in [0.25, 0.3) is 22.6 Å². The van der Waals surface area contributed by atoms with Crippen LogP contribution in [-0.2, 0) is 8.85 Å². The number of fused-ring (bicyclic) bond motifs is 10. The molecule has 1 saturated heterocycles. The van der Waals surface area contributed by atoms with E-state index < -0.39 is 89.6 Å². The van der Waals surface area contributed by atoms with Crippen LogP contribution in [0.4, 0.5) is 0 Å². The minimum atomic E-state index is -2.68. The Labute approximate surface area is 440 Å². The van der Waals surface area contributed by atoms with Crippen molar-refractivity contribution in [3.8, 4) is 34.1 Å². The molecule has 6 N–H and O–H groups in total. The number of aromatic nitrogens is 2. The summed E-state index contributed by atoms with van der Waals surface area (Å²) in [5.41, 5.74) is -4.49. The molecule has 7 aliphatic rings. The van der Waals surface area contributed by atoms with Crippen LogP contribution in [0.15, 0.2) is 79.6 Å². The molecule has 0 spiro atoms. The molecular formula is C58H78N2O14Si. The summed E-state index contributed by atoms with van der Waals surface area (Å²) < 4.78 is 38.4. The Morgan fingerprint density at radius 1 is 0.640 bits per heavy atom. The van der Waals surface area contributed by atoms with Crippen molar-refractivity contribution >= 4 is 8.56 Å². The fourth-order valence-corrected chi connectivity index (χ4v) is 21.9. The van der Waals surface area contributed by atoms with Gasteiger partial charge < -0.3 is 57.8 Å². The maximum absolute atomic E-state index is 13.4. The Balaban J connectivity index is 0.000000176. The van der Waals surface area contributed by atoms with Gasteiger partial charge in [0.2, 0.25) is 0 Å². The van der Waals surface area contributed by atoms with Crippen molar-refractivity contribution in [3.63, 3.8) is 0 Å². The fraction of sp³-hybridized carbons (Fsp3) is 0.655. The molecule has 4 unspecified atom stereocenters. The lowest BCUT2D eigenvalue weighted by Gasteiger charge is -2.69. The van der Waals surface area contributed by atoms with Gasteiger partial charge in [0, 0.05) is 87.4 Å². The van der Waals surface area contributed by atoms with Gasteiger partial charge >= 0.3 is 19.8 Å². The summed E-state index contributed by atoms with van der Waals surface area (Å²) in [5.74, 6) is -0.457. The monoisotopic (exact) mass is 1050 g/mol. The van der Waals surface area contributed by atoms with Gasteiger partial charge in [-0.3, -0.25) is 9.97 Å². The molecule has 11 rings (SSSR count). The summed E-state index contributed by atoms with van der Waals surface area (Å²) in [6.45, 7) is 25.6. The predicted molar refractivity (Wildman–Crippen MR) is 280 cm³/mol. The van der Waals surface area contributed by atoms with E-state index in [4.69, 9.17) is 27.2 Å². The lowest BCUT2D eigenvalue weighted by Crippen LogP contribution is -2.74. The molecule has 0 bridgehead atoms. The SMILES string of the molecule is CC(C)(C)[Si]1(C(C)(C)C)OC[C@@]2(C)C3C[C@H](O)[C@@]4(C)Oc5cc(-c6cccnc6)oc(=O)c5[C@H](O)C4[C@@]3(C)CC[C@@H]2O1.C[C@]12CC[C@H](O)[C@@](C)(CO)C1C[C@H](O)[C@@]1(C)Oc3cc(-c4cccnc4)oc(=O)c3[C@H](O)C21. The molecule has 408 valence electrons. The smallest absolute Gasteiger partial charge is 0.349 e. The normalized spacial score (nSPS) is 40.5. The molecule has 17 heteroatoms. The number of rotatable bonds is 3. The molecule has 75 heavy (non-hydrogen) atoms. The van der Waals surface area contributed by atoms with Gasteiger partial charge in [-0.2, -0.15) is 0 Å². The van der Waals surface area contributed by atoms with E-state index in [9.17, 15) is 40.2 Å². The van der Waals surface area contributed by atoms with Crippen molar-refractivity contribution in [2.45, 2.75) is 180 Å². The Hall–Kier alpha value is -4.30. The van der Waals surface area contributed by atoms with Gasteiger partial charge in [0.05, 0.1) is 43.2 Å². The molecule has 4 aromatic heterocycles. The molecule has 4 saturated carbocycles. The Morgan fingerprint density at radius 3 is 1.53 bits per heavy atom. The minimum absolute atomic E-state index is 0.0213. The average molecular weight is 1060 g/mol. The largest absolute Gasteiger partial charge is 0.484 e. The summed E-state index contributed by atoms with van der Waals surface area (Å²) in [6.07, 6.45) is 4.83. The molecule has 16 atom stereocenters. The summed E-state index contributed by atoms with van der Waals surface area (Å²) in [7, 11) is -2.68. The van der Waals surface area contributed by atoms with Crippen molar-refractivity contribution in [1.82, 2.24) is 9.97 Å². The number of hydrogen-bond acceptors (Lipinski definition) is 16. The van der Waals surface area contributed by atoms with Gasteiger partial charge in [-0.05, 0) is 99.3 Å². The second-order valence-electron chi connectivity index (χ2n) is 26.6. The van der Waals surface area contributed by atoms with E-state index in [1.807, 2.05) is 20.8 Å². The molecule has 4 aromatic rings. The summed E-state index contributed by atoms with van der Waals surface area (Å²) in [4.78, 5) is 34.7. The third kappa shape index (κ3) is 7.77. The quantitative estimate of drug-likeness (QED) is 0.106. The van der Waals surface area contributed by atoms with Crippen molar-refractivity contribution in [2.75, 3.05) is 13.2 Å². The lowest BCUT2D eigenvalue weighted by atomic mass is 9.42. The average Bonchev–Trinajstić information content (AvgIpc) is 3.34. The van der Waals surface area contributed by atoms with Gasteiger partial charge in [-0.25, -0.2) is 9.59 Å². The molecule has 0 radical (unpaired) electrons. The van der Waals surface area contributed by atoms with Crippen LogP contribution >= 0.6 is 0 Å². The molecule has 0 amide bonds. The Morgan fingerprint density at radius 2 is 1.09 bits per heavy atom. The van der Waals surface area contributed by atoms with E-state index in [1.54, 1.807) is 68.1 Å². The van der Waals surface area contributed by atoms with E-state index in [2.05, 4.69) is 65.4 Å². The Bertz CT molecular complexity index is 2930. The number of pyridine rings is 2. The zero-order valence-corrected chi connectivity index (χ0v) is 46.5. The van der Waals surface area contributed by atoms with Crippen LogP contribution in [-0.4, -0.2) is 98.0 Å². The first-order chi connectivity index (χ1) is 34.9. The van der Waals surface area contributed by atoms with Crippen LogP contribution in [0.1, 0.15) is 145 Å². The number of hydrogen-bond donors (Lipinski definition) is 6. The standard InChI is InChI=1S/C33H47NO7Si.C25H31NO7/c1-29(2,3)42(30(4,5)6)38-18-32(8)22-16-23(35)33(9)27(31(22,7)13-12-24(32)41-42)26(36)25-21(40-33)15-20(39-28(25)37)19-11-10-14-34-17-19;1-23-7-6-17(28)24(2,12-27)16(23)10-18(29)25(3)21(23)20(30)19-15(33-25)9-14(32-22(19)31)13-5-4-8-26-11-13/h10-11,14-15,17,22-24,26-27,35-36H,12-13,16,18H2,1-9H3;4-5,8-9,11,16-18,20-21,27-30H,6-7,10,12H2,1-3H3/t22?,23-,24-,26-,27?,31-,32-,33+;16?,17-,18-,20-,21?,23-,24-,25+/m00/s1. The molecule has 7 heterocycles. The van der Waals surface area contributed by atoms with E-state index in [0.717, 1.165) is 12.8 Å². The van der Waals surface area contributed by atoms with Crippen LogP contribution < -0.4 is 20.7 Å². The minimum Gasteiger partial charge on any atom is -0.484 e. The number of aliphatic hydroxyl groups is 6. The number of aliphatic hydroxyl groups excluding tert-OH is 6. The summed E-state index contributed by atoms with van der Waals surface area (Å²) in [6, 6.07) is 10.3. The topological polar surface area (TPSA) is 244 Å². The summed E-state index contributed by atoms with van der Waals surface area (Å²) >= 11 is 0. The third-order valence-corrected chi connectivity index (χ3v) is 25.5. The first-order valence-corrected chi connectivity index (χ1v) is 28.6. The van der Waals surface area contributed by atoms with Gasteiger partial charge in [0.25, 0.3) is 0 Å². The van der Waals surface area contributed by atoms with Crippen LogP contribution in [0.5, 0.6) is 11.5 Å².